The van der Waals surface area contributed by atoms with Gasteiger partial charge in [-0.15, -0.1) is 10.2 Å². The molecule has 0 unspecified atom stereocenters. The molecule has 2 N–H and O–H groups in total. The summed E-state index contributed by atoms with van der Waals surface area (Å²) in [4.78, 5) is 21.1. The monoisotopic (exact) mass is 473 g/mol. The topological polar surface area (TPSA) is 95.0 Å². The second kappa shape index (κ2) is 9.65. The summed E-state index contributed by atoms with van der Waals surface area (Å²) in [6.45, 7) is 1.85. The van der Waals surface area contributed by atoms with Crippen LogP contribution in [0, 0.1) is 0 Å². The standard InChI is InChI=1S/C26H24ClN5O2/c27-22-8-5-20(6-9-22)25-29-26(31-30-25)21-7-10-23(28-16-21)32-13-11-19(12-14-32)18-3-1-17(2-4-18)15-24(33)34/h1-10,16,19H,11-15H2,(H,33,34)(H,29,30,31). The Morgan fingerprint density at radius 2 is 1.59 bits per heavy atom. The Morgan fingerprint density at radius 3 is 2.21 bits per heavy atom. The molecular weight excluding hydrogens is 450 g/mol. The van der Waals surface area contributed by atoms with E-state index in [1.165, 1.54) is 5.56 Å². The van der Waals surface area contributed by atoms with Crippen LogP contribution in [0.4, 0.5) is 5.82 Å². The Hall–Kier alpha value is -3.71. The number of aliphatic carboxylic acids is 1. The number of anilines is 1. The van der Waals surface area contributed by atoms with Crippen molar-refractivity contribution in [2.24, 2.45) is 0 Å². The zero-order valence-corrected chi connectivity index (χ0v) is 19.2. The number of H-pyrrole nitrogens is 1. The van der Waals surface area contributed by atoms with E-state index < -0.39 is 5.97 Å². The molecule has 4 aromatic rings. The molecule has 0 atom stereocenters. The minimum absolute atomic E-state index is 0.0664. The molecule has 5 rings (SSSR count). The van der Waals surface area contributed by atoms with E-state index in [-0.39, 0.29) is 6.42 Å². The van der Waals surface area contributed by atoms with E-state index in [4.69, 9.17) is 16.7 Å². The summed E-state index contributed by atoms with van der Waals surface area (Å²) >= 11 is 5.96. The fourth-order valence-electron chi connectivity index (χ4n) is 4.37. The first-order valence-corrected chi connectivity index (χ1v) is 11.6. The minimum atomic E-state index is -0.801. The van der Waals surface area contributed by atoms with Crippen molar-refractivity contribution in [1.82, 2.24) is 20.2 Å². The highest BCUT2D eigenvalue weighted by atomic mass is 35.5. The molecule has 2 aromatic heterocycles. The third kappa shape index (κ3) is 4.94. The van der Waals surface area contributed by atoms with Crippen LogP contribution in [0.15, 0.2) is 66.9 Å². The highest BCUT2D eigenvalue weighted by Crippen LogP contribution is 2.30. The van der Waals surface area contributed by atoms with E-state index >= 15 is 0 Å². The number of piperidine rings is 1. The van der Waals surface area contributed by atoms with Crippen molar-refractivity contribution < 1.29 is 9.90 Å². The zero-order chi connectivity index (χ0) is 23.5. The lowest BCUT2D eigenvalue weighted by Gasteiger charge is -2.33. The average Bonchev–Trinajstić information content (AvgIpc) is 3.35. The smallest absolute Gasteiger partial charge is 0.307 e. The summed E-state index contributed by atoms with van der Waals surface area (Å²) in [7, 11) is 0. The molecule has 3 heterocycles. The maximum atomic E-state index is 10.9. The van der Waals surface area contributed by atoms with Crippen molar-refractivity contribution in [3.8, 4) is 22.8 Å². The third-order valence-corrected chi connectivity index (χ3v) is 6.50. The van der Waals surface area contributed by atoms with Crippen LogP contribution in [0.3, 0.4) is 0 Å². The molecule has 0 aliphatic carbocycles. The van der Waals surface area contributed by atoms with Gasteiger partial charge in [-0.3, -0.25) is 4.79 Å². The van der Waals surface area contributed by atoms with Gasteiger partial charge in [-0.1, -0.05) is 35.9 Å². The number of aromatic amines is 1. The largest absolute Gasteiger partial charge is 0.481 e. The number of hydrogen-bond acceptors (Lipinski definition) is 5. The van der Waals surface area contributed by atoms with Gasteiger partial charge in [0.05, 0.1) is 6.42 Å². The predicted molar refractivity (Wildman–Crippen MR) is 132 cm³/mol. The van der Waals surface area contributed by atoms with Crippen molar-refractivity contribution in [3.05, 3.63) is 83.0 Å². The van der Waals surface area contributed by atoms with Gasteiger partial charge in [-0.25, -0.2) is 4.98 Å². The van der Waals surface area contributed by atoms with Crippen LogP contribution >= 0.6 is 11.6 Å². The van der Waals surface area contributed by atoms with Crippen molar-refractivity contribution in [2.75, 3.05) is 18.0 Å². The van der Waals surface area contributed by atoms with Crippen LogP contribution < -0.4 is 4.90 Å². The lowest BCUT2D eigenvalue weighted by atomic mass is 9.89. The van der Waals surface area contributed by atoms with Gasteiger partial charge in [-0.05, 0) is 66.3 Å². The lowest BCUT2D eigenvalue weighted by Crippen LogP contribution is -2.33. The van der Waals surface area contributed by atoms with Gasteiger partial charge in [0, 0.05) is 35.4 Å². The maximum Gasteiger partial charge on any atom is 0.307 e. The number of nitrogens with zero attached hydrogens (tertiary/aromatic N) is 4. The number of carboxylic acids is 1. The van der Waals surface area contributed by atoms with Crippen molar-refractivity contribution in [2.45, 2.75) is 25.2 Å². The molecule has 7 nitrogen and oxygen atoms in total. The van der Waals surface area contributed by atoms with E-state index in [1.807, 2.05) is 54.7 Å². The molecule has 0 amide bonds. The van der Waals surface area contributed by atoms with Crippen molar-refractivity contribution in [1.29, 1.82) is 0 Å². The second-order valence-corrected chi connectivity index (χ2v) is 8.94. The van der Waals surface area contributed by atoms with Crippen LogP contribution in [0.5, 0.6) is 0 Å². The Morgan fingerprint density at radius 1 is 0.941 bits per heavy atom. The number of aromatic nitrogens is 4. The first kappa shape index (κ1) is 22.1. The molecule has 0 radical (unpaired) electrons. The van der Waals surface area contributed by atoms with Gasteiger partial charge in [0.2, 0.25) is 0 Å². The number of halogens is 1. The SMILES string of the molecule is O=C(O)Cc1ccc(C2CCN(c3ccc(-c4nnc(-c5ccc(Cl)cc5)[nH]4)cn3)CC2)cc1. The summed E-state index contributed by atoms with van der Waals surface area (Å²) in [5.74, 6) is 2.00. The van der Waals surface area contributed by atoms with E-state index in [2.05, 4.69) is 37.2 Å². The Balaban J connectivity index is 1.20. The molecular formula is C26H24ClN5O2. The molecule has 0 bridgehead atoms. The third-order valence-electron chi connectivity index (χ3n) is 6.25. The van der Waals surface area contributed by atoms with Gasteiger partial charge < -0.3 is 15.0 Å². The first-order valence-electron chi connectivity index (χ1n) is 11.3. The van der Waals surface area contributed by atoms with Crippen LogP contribution in [0.2, 0.25) is 5.02 Å². The summed E-state index contributed by atoms with van der Waals surface area (Å²) < 4.78 is 0. The molecule has 0 saturated carbocycles. The normalized spacial score (nSPS) is 14.3. The van der Waals surface area contributed by atoms with E-state index in [9.17, 15) is 4.79 Å². The van der Waals surface area contributed by atoms with Crippen LogP contribution in [0.1, 0.15) is 29.9 Å². The average molecular weight is 474 g/mol. The van der Waals surface area contributed by atoms with E-state index in [0.29, 0.717) is 22.6 Å². The van der Waals surface area contributed by atoms with Gasteiger partial charge >= 0.3 is 5.97 Å². The van der Waals surface area contributed by atoms with E-state index in [0.717, 1.165) is 48.4 Å². The Labute approximate surface area is 202 Å². The van der Waals surface area contributed by atoms with Crippen LogP contribution in [-0.2, 0) is 11.2 Å². The van der Waals surface area contributed by atoms with Crippen LogP contribution in [0.25, 0.3) is 22.8 Å². The minimum Gasteiger partial charge on any atom is -0.481 e. The summed E-state index contributed by atoms with van der Waals surface area (Å²) in [5, 5.41) is 18.1. The number of nitrogens with one attached hydrogen (secondary N) is 1. The maximum absolute atomic E-state index is 10.9. The van der Waals surface area contributed by atoms with Gasteiger partial charge in [0.25, 0.3) is 0 Å². The molecule has 1 fully saturated rings. The number of hydrogen-bond donors (Lipinski definition) is 2. The molecule has 0 spiro atoms. The highest BCUT2D eigenvalue weighted by Gasteiger charge is 2.21. The quantitative estimate of drug-likeness (QED) is 0.399. The van der Waals surface area contributed by atoms with Crippen LogP contribution in [-0.4, -0.2) is 44.3 Å². The number of benzene rings is 2. The molecule has 2 aromatic carbocycles. The predicted octanol–water partition coefficient (Wildman–Crippen LogP) is 5.20. The number of carboxylic acid groups (broad SMARTS) is 1. The Bertz CT molecular complexity index is 1260. The molecule has 172 valence electrons. The van der Waals surface area contributed by atoms with Crippen molar-refractivity contribution >= 4 is 23.4 Å². The zero-order valence-electron chi connectivity index (χ0n) is 18.5. The Kier molecular flexibility index (Phi) is 6.27. The molecule has 8 heteroatoms. The molecule has 1 aliphatic rings. The highest BCUT2D eigenvalue weighted by molar-refractivity contribution is 6.30. The molecule has 1 saturated heterocycles. The molecule has 34 heavy (non-hydrogen) atoms. The lowest BCUT2D eigenvalue weighted by molar-refractivity contribution is -0.136. The summed E-state index contributed by atoms with van der Waals surface area (Å²) in [5.41, 5.74) is 3.92. The number of pyridine rings is 1. The first-order chi connectivity index (χ1) is 16.5. The molecule has 1 aliphatic heterocycles. The van der Waals surface area contributed by atoms with Crippen molar-refractivity contribution in [3.63, 3.8) is 0 Å². The summed E-state index contributed by atoms with van der Waals surface area (Å²) in [6, 6.07) is 19.5. The number of rotatable bonds is 6. The van der Waals surface area contributed by atoms with Gasteiger partial charge in [0.1, 0.15) is 5.82 Å². The number of carbonyl (C=O) groups is 1. The fraction of sp³-hybridized carbons (Fsp3) is 0.231. The summed E-state index contributed by atoms with van der Waals surface area (Å²) in [6.07, 6.45) is 3.97. The van der Waals surface area contributed by atoms with E-state index in [1.54, 1.807) is 0 Å². The van der Waals surface area contributed by atoms with Gasteiger partial charge in [0.15, 0.2) is 11.6 Å². The van der Waals surface area contributed by atoms with Gasteiger partial charge in [-0.2, -0.15) is 0 Å². The second-order valence-electron chi connectivity index (χ2n) is 8.51. The fourth-order valence-corrected chi connectivity index (χ4v) is 4.49.